The van der Waals surface area contributed by atoms with E-state index in [2.05, 4.69) is 10.3 Å². The van der Waals surface area contributed by atoms with Gasteiger partial charge in [-0.25, -0.2) is 0 Å². The van der Waals surface area contributed by atoms with E-state index < -0.39 is 0 Å². The topological polar surface area (TPSA) is 64.0 Å². The van der Waals surface area contributed by atoms with Crippen LogP contribution in [0.2, 0.25) is 0 Å². The van der Waals surface area contributed by atoms with E-state index >= 15 is 0 Å². The third-order valence-electron chi connectivity index (χ3n) is 3.51. The van der Waals surface area contributed by atoms with E-state index in [9.17, 15) is 9.59 Å². The summed E-state index contributed by atoms with van der Waals surface area (Å²) in [5, 5.41) is 4.06. The van der Waals surface area contributed by atoms with Crippen molar-refractivity contribution in [1.29, 1.82) is 0 Å². The molecule has 0 saturated heterocycles. The lowest BCUT2D eigenvalue weighted by molar-refractivity contribution is 0.0952. The lowest BCUT2D eigenvalue weighted by Crippen LogP contribution is -2.26. The van der Waals surface area contributed by atoms with E-state index in [1.54, 1.807) is 43.8 Å². The quantitative estimate of drug-likeness (QED) is 0.801. The maximum Gasteiger partial charge on any atom is 0.258 e. The summed E-state index contributed by atoms with van der Waals surface area (Å²) in [6, 6.07) is 10.8. The smallest absolute Gasteiger partial charge is 0.258 e. The number of carbonyl (C=O) groups excluding carboxylic acids is 1. The SMILES string of the molecule is Cn1cc(C(=O)NCc2cccnc2)c2ccccc2c1=O. The first-order valence-electron chi connectivity index (χ1n) is 6.92. The van der Waals surface area contributed by atoms with Crippen molar-refractivity contribution in [3.05, 3.63) is 76.5 Å². The van der Waals surface area contributed by atoms with E-state index in [0.717, 1.165) is 5.56 Å². The molecule has 0 bridgehead atoms. The molecule has 5 nitrogen and oxygen atoms in total. The minimum atomic E-state index is -0.212. The Morgan fingerprint density at radius 1 is 1.18 bits per heavy atom. The summed E-state index contributed by atoms with van der Waals surface area (Å²) in [5.41, 5.74) is 1.30. The predicted octanol–water partition coefficient (Wildman–Crippen LogP) is 1.86. The zero-order chi connectivity index (χ0) is 15.5. The van der Waals surface area contributed by atoms with Gasteiger partial charge in [0.1, 0.15) is 0 Å². The van der Waals surface area contributed by atoms with Gasteiger partial charge in [-0.3, -0.25) is 14.6 Å². The summed E-state index contributed by atoms with van der Waals surface area (Å²) in [6.45, 7) is 0.393. The van der Waals surface area contributed by atoms with Gasteiger partial charge >= 0.3 is 0 Å². The van der Waals surface area contributed by atoms with Crippen molar-refractivity contribution in [2.24, 2.45) is 7.05 Å². The number of carbonyl (C=O) groups is 1. The van der Waals surface area contributed by atoms with Crippen molar-refractivity contribution in [2.45, 2.75) is 6.54 Å². The third kappa shape index (κ3) is 2.61. The molecule has 0 radical (unpaired) electrons. The zero-order valence-corrected chi connectivity index (χ0v) is 12.1. The molecule has 1 N–H and O–H groups in total. The zero-order valence-electron chi connectivity index (χ0n) is 12.1. The Kier molecular flexibility index (Phi) is 3.70. The van der Waals surface area contributed by atoms with Crippen LogP contribution in [0.3, 0.4) is 0 Å². The fraction of sp³-hybridized carbons (Fsp3) is 0.118. The lowest BCUT2D eigenvalue weighted by atomic mass is 10.1. The molecule has 110 valence electrons. The van der Waals surface area contributed by atoms with Crippen molar-refractivity contribution in [3.63, 3.8) is 0 Å². The summed E-state index contributed by atoms with van der Waals surface area (Å²) in [6.07, 6.45) is 4.97. The molecule has 2 heterocycles. The lowest BCUT2D eigenvalue weighted by Gasteiger charge is -2.10. The van der Waals surface area contributed by atoms with Crippen molar-refractivity contribution in [3.8, 4) is 0 Å². The first-order valence-corrected chi connectivity index (χ1v) is 6.92. The standard InChI is InChI=1S/C17H15N3O2/c1-20-11-15(13-6-2-3-7-14(13)17(20)22)16(21)19-10-12-5-4-8-18-9-12/h2-9,11H,10H2,1H3,(H,19,21). The van der Waals surface area contributed by atoms with Crippen LogP contribution in [-0.2, 0) is 13.6 Å². The van der Waals surface area contributed by atoms with Gasteiger partial charge in [0.15, 0.2) is 0 Å². The Morgan fingerprint density at radius 3 is 2.68 bits per heavy atom. The Bertz CT molecular complexity index is 885. The molecular weight excluding hydrogens is 278 g/mol. The van der Waals surface area contributed by atoms with E-state index in [4.69, 9.17) is 0 Å². The molecule has 0 atom stereocenters. The second kappa shape index (κ2) is 5.81. The van der Waals surface area contributed by atoms with E-state index in [1.165, 1.54) is 4.57 Å². The van der Waals surface area contributed by atoms with Gasteiger partial charge in [0.25, 0.3) is 11.5 Å². The van der Waals surface area contributed by atoms with Crippen LogP contribution in [0.1, 0.15) is 15.9 Å². The normalized spacial score (nSPS) is 10.6. The molecule has 2 aromatic heterocycles. The molecule has 3 rings (SSSR count). The van der Waals surface area contributed by atoms with Crippen LogP contribution in [0, 0.1) is 0 Å². The van der Waals surface area contributed by atoms with Crippen LogP contribution in [0.15, 0.2) is 59.8 Å². The molecule has 0 unspecified atom stereocenters. The second-order valence-corrected chi connectivity index (χ2v) is 5.05. The third-order valence-corrected chi connectivity index (χ3v) is 3.51. The van der Waals surface area contributed by atoms with Gasteiger partial charge in [-0.05, 0) is 17.7 Å². The maximum atomic E-state index is 12.4. The molecule has 0 fully saturated rings. The van der Waals surface area contributed by atoms with Gasteiger partial charge in [-0.2, -0.15) is 0 Å². The number of benzene rings is 1. The van der Waals surface area contributed by atoms with Crippen molar-refractivity contribution >= 4 is 16.7 Å². The summed E-state index contributed by atoms with van der Waals surface area (Å²) in [5.74, 6) is -0.212. The first kappa shape index (κ1) is 14.0. The molecule has 3 aromatic rings. The van der Waals surface area contributed by atoms with Gasteiger partial charge in [0.2, 0.25) is 0 Å². The molecule has 22 heavy (non-hydrogen) atoms. The van der Waals surface area contributed by atoms with Gasteiger partial charge in [-0.1, -0.05) is 24.3 Å². The molecule has 1 amide bonds. The Labute approximate surface area is 127 Å². The number of hydrogen-bond donors (Lipinski definition) is 1. The number of aryl methyl sites for hydroxylation is 1. The molecule has 0 saturated carbocycles. The van der Waals surface area contributed by atoms with Crippen LogP contribution in [0.5, 0.6) is 0 Å². The number of rotatable bonds is 3. The van der Waals surface area contributed by atoms with Gasteiger partial charge in [-0.15, -0.1) is 0 Å². The number of pyridine rings is 2. The number of amides is 1. The number of nitrogens with one attached hydrogen (secondary N) is 1. The van der Waals surface area contributed by atoms with Crippen LogP contribution in [0.4, 0.5) is 0 Å². The predicted molar refractivity (Wildman–Crippen MR) is 84.6 cm³/mol. The number of hydrogen-bond acceptors (Lipinski definition) is 3. The average Bonchev–Trinajstić information content (AvgIpc) is 2.57. The monoisotopic (exact) mass is 293 g/mol. The molecule has 0 aliphatic carbocycles. The molecule has 0 aliphatic rings. The number of nitrogens with zero attached hydrogens (tertiary/aromatic N) is 2. The highest BCUT2D eigenvalue weighted by Gasteiger charge is 2.13. The minimum Gasteiger partial charge on any atom is -0.348 e. The number of fused-ring (bicyclic) bond motifs is 1. The molecule has 0 spiro atoms. The second-order valence-electron chi connectivity index (χ2n) is 5.05. The highest BCUT2D eigenvalue weighted by molar-refractivity contribution is 6.06. The van der Waals surface area contributed by atoms with Crippen molar-refractivity contribution in [2.75, 3.05) is 0 Å². The Hall–Kier alpha value is -2.95. The molecule has 0 aliphatic heterocycles. The highest BCUT2D eigenvalue weighted by Crippen LogP contribution is 2.15. The first-order chi connectivity index (χ1) is 10.7. The van der Waals surface area contributed by atoms with E-state index in [1.807, 2.05) is 18.2 Å². The Balaban J connectivity index is 1.94. The van der Waals surface area contributed by atoms with Crippen LogP contribution < -0.4 is 10.9 Å². The van der Waals surface area contributed by atoms with E-state index in [-0.39, 0.29) is 11.5 Å². The van der Waals surface area contributed by atoms with Crippen molar-refractivity contribution in [1.82, 2.24) is 14.9 Å². The van der Waals surface area contributed by atoms with Crippen LogP contribution >= 0.6 is 0 Å². The fourth-order valence-corrected chi connectivity index (χ4v) is 2.38. The summed E-state index contributed by atoms with van der Waals surface area (Å²) < 4.78 is 1.43. The average molecular weight is 293 g/mol. The molecular formula is C17H15N3O2. The van der Waals surface area contributed by atoms with Crippen LogP contribution in [0.25, 0.3) is 10.8 Å². The fourth-order valence-electron chi connectivity index (χ4n) is 2.38. The molecule has 5 heteroatoms. The number of aromatic nitrogens is 2. The largest absolute Gasteiger partial charge is 0.348 e. The van der Waals surface area contributed by atoms with Crippen LogP contribution in [-0.4, -0.2) is 15.5 Å². The molecule has 1 aromatic carbocycles. The minimum absolute atomic E-state index is 0.112. The van der Waals surface area contributed by atoms with Crippen molar-refractivity contribution < 1.29 is 4.79 Å². The van der Waals surface area contributed by atoms with E-state index in [0.29, 0.717) is 22.9 Å². The van der Waals surface area contributed by atoms with Gasteiger partial charge < -0.3 is 9.88 Å². The summed E-state index contributed by atoms with van der Waals surface area (Å²) >= 11 is 0. The Morgan fingerprint density at radius 2 is 1.95 bits per heavy atom. The maximum absolute atomic E-state index is 12.4. The van der Waals surface area contributed by atoms with Gasteiger partial charge in [0.05, 0.1) is 5.56 Å². The van der Waals surface area contributed by atoms with Gasteiger partial charge in [0, 0.05) is 43.0 Å². The highest BCUT2D eigenvalue weighted by atomic mass is 16.2. The summed E-state index contributed by atoms with van der Waals surface area (Å²) in [4.78, 5) is 28.6. The summed E-state index contributed by atoms with van der Waals surface area (Å²) in [7, 11) is 1.65.